The molecular weight excluding hydrogens is 190 g/mol. The first-order chi connectivity index (χ1) is 1.73. The summed E-state index contributed by atoms with van der Waals surface area (Å²) in [7, 11) is 0. The summed E-state index contributed by atoms with van der Waals surface area (Å²) in [4.78, 5) is 9.22. The van der Waals surface area contributed by atoms with Gasteiger partial charge in [0, 0.05) is 6.92 Å². The van der Waals surface area contributed by atoms with Crippen molar-refractivity contribution in [2.45, 2.75) is 6.92 Å². The Kier molecular flexibility index (Phi) is 57.6. The minimum atomic E-state index is -0.333. The Morgan fingerprint density at radius 3 is 1.43 bits per heavy atom. The van der Waals surface area contributed by atoms with Crippen molar-refractivity contribution in [1.82, 2.24) is 0 Å². The number of amides is 1. The van der Waals surface area contributed by atoms with Gasteiger partial charge < -0.3 is 30.5 Å². The third-order valence-corrected chi connectivity index (χ3v) is 0. The summed E-state index contributed by atoms with van der Waals surface area (Å²) in [6, 6.07) is 0. The van der Waals surface area contributed by atoms with Gasteiger partial charge in [0.1, 0.15) is 0 Å². The number of hydrogen-bond donors (Lipinski definition) is 1. The zero-order valence-electron chi connectivity index (χ0n) is 3.95. The SMILES string of the molecule is CC(N)=O.[Cl-].[Cl-].[Zn+2]. The van der Waals surface area contributed by atoms with Crippen LogP contribution in [0.25, 0.3) is 0 Å². The minimum Gasteiger partial charge on any atom is -1.00 e. The van der Waals surface area contributed by atoms with Gasteiger partial charge >= 0.3 is 19.5 Å². The average Bonchev–Trinajstić information content (AvgIpc) is 0.811. The Morgan fingerprint density at radius 2 is 1.43 bits per heavy atom. The van der Waals surface area contributed by atoms with Gasteiger partial charge in [-0.15, -0.1) is 0 Å². The van der Waals surface area contributed by atoms with Crippen molar-refractivity contribution in [1.29, 1.82) is 0 Å². The molecule has 0 rings (SSSR count). The van der Waals surface area contributed by atoms with Crippen LogP contribution in [0.4, 0.5) is 0 Å². The molecule has 0 aliphatic carbocycles. The van der Waals surface area contributed by atoms with Crippen molar-refractivity contribution in [3.8, 4) is 0 Å². The van der Waals surface area contributed by atoms with Gasteiger partial charge in [-0.2, -0.15) is 0 Å². The van der Waals surface area contributed by atoms with E-state index in [1.165, 1.54) is 6.92 Å². The zero-order valence-corrected chi connectivity index (χ0v) is 8.43. The molecule has 0 aliphatic rings. The Balaban J connectivity index is -0.0000000150. The standard InChI is InChI=1S/C2H5NO.2ClH.Zn/c1-2(3)4;;;/h1H3,(H2,3,4);2*1H;/q;;;+2/p-2. The molecule has 2 N–H and O–H groups in total. The topological polar surface area (TPSA) is 43.1 Å². The van der Waals surface area contributed by atoms with Crippen molar-refractivity contribution in [2.75, 3.05) is 0 Å². The summed E-state index contributed by atoms with van der Waals surface area (Å²) in [5.74, 6) is -0.333. The maximum absolute atomic E-state index is 9.22. The fourth-order valence-corrected chi connectivity index (χ4v) is 0. The molecule has 0 aliphatic heterocycles. The van der Waals surface area contributed by atoms with Gasteiger partial charge in [-0.25, -0.2) is 0 Å². The van der Waals surface area contributed by atoms with Crippen LogP contribution in [0.5, 0.6) is 0 Å². The first-order valence-corrected chi connectivity index (χ1v) is 0.993. The van der Waals surface area contributed by atoms with Crippen LogP contribution in [0, 0.1) is 0 Å². The van der Waals surface area contributed by atoms with Crippen molar-refractivity contribution < 1.29 is 49.1 Å². The van der Waals surface area contributed by atoms with Crippen molar-refractivity contribution in [3.63, 3.8) is 0 Å². The van der Waals surface area contributed by atoms with Gasteiger partial charge in [-0.3, -0.25) is 4.79 Å². The molecule has 0 unspecified atom stereocenters. The molecule has 0 spiro atoms. The number of primary amides is 1. The maximum Gasteiger partial charge on any atom is 2.00 e. The molecule has 0 fully saturated rings. The van der Waals surface area contributed by atoms with Crippen LogP contribution in [0.3, 0.4) is 0 Å². The van der Waals surface area contributed by atoms with E-state index in [1.54, 1.807) is 0 Å². The third kappa shape index (κ3) is 321. The number of carbonyl (C=O) groups excluding carboxylic acids is 1. The van der Waals surface area contributed by atoms with Gasteiger partial charge in [0.15, 0.2) is 0 Å². The molecule has 7 heavy (non-hydrogen) atoms. The smallest absolute Gasteiger partial charge is 1.00 e. The van der Waals surface area contributed by atoms with Crippen LogP contribution < -0.4 is 30.5 Å². The monoisotopic (exact) mass is 193 g/mol. The molecule has 2 nitrogen and oxygen atoms in total. The molecule has 0 heterocycles. The van der Waals surface area contributed by atoms with Crippen molar-refractivity contribution in [2.24, 2.45) is 5.73 Å². The van der Waals surface area contributed by atoms with Crippen LogP contribution >= 0.6 is 0 Å². The molecule has 0 bridgehead atoms. The van der Waals surface area contributed by atoms with Crippen molar-refractivity contribution >= 4 is 5.91 Å². The van der Waals surface area contributed by atoms with Crippen LogP contribution in [-0.2, 0) is 24.3 Å². The van der Waals surface area contributed by atoms with E-state index < -0.39 is 0 Å². The maximum atomic E-state index is 9.22. The molecule has 0 aromatic rings. The molecule has 0 saturated heterocycles. The third-order valence-electron chi connectivity index (χ3n) is 0. The number of halogens is 2. The van der Waals surface area contributed by atoms with E-state index >= 15 is 0 Å². The summed E-state index contributed by atoms with van der Waals surface area (Å²) < 4.78 is 0. The summed E-state index contributed by atoms with van der Waals surface area (Å²) in [6.07, 6.45) is 0. The first-order valence-electron chi connectivity index (χ1n) is 0.993. The number of nitrogens with two attached hydrogens (primary N) is 1. The van der Waals surface area contributed by atoms with Gasteiger partial charge in [0.2, 0.25) is 5.91 Å². The molecule has 5 heteroatoms. The zero-order chi connectivity index (χ0) is 3.58. The molecule has 0 radical (unpaired) electrons. The van der Waals surface area contributed by atoms with E-state index in [4.69, 9.17) is 0 Å². The first kappa shape index (κ1) is 25.3. The number of hydrogen-bond acceptors (Lipinski definition) is 1. The van der Waals surface area contributed by atoms with Gasteiger partial charge in [-0.05, 0) is 0 Å². The summed E-state index contributed by atoms with van der Waals surface area (Å²) in [5, 5.41) is 0. The largest absolute Gasteiger partial charge is 2.00 e. The normalized spacial score (nSPS) is 3.57. The molecule has 0 aromatic carbocycles. The Bertz CT molecular complexity index is 38.7. The summed E-state index contributed by atoms with van der Waals surface area (Å²) >= 11 is 0. The van der Waals surface area contributed by atoms with Crippen LogP contribution in [-0.4, -0.2) is 5.91 Å². The van der Waals surface area contributed by atoms with Crippen molar-refractivity contribution in [3.05, 3.63) is 0 Å². The van der Waals surface area contributed by atoms with Gasteiger partial charge in [-0.1, -0.05) is 0 Å². The Morgan fingerprint density at radius 1 is 1.43 bits per heavy atom. The predicted molar refractivity (Wildman–Crippen MR) is 14.9 cm³/mol. The van der Waals surface area contributed by atoms with E-state index in [1.807, 2.05) is 0 Å². The molecule has 0 aromatic heterocycles. The van der Waals surface area contributed by atoms with E-state index in [9.17, 15) is 4.79 Å². The van der Waals surface area contributed by atoms with Crippen LogP contribution in [0.1, 0.15) is 6.92 Å². The number of carbonyl (C=O) groups is 1. The second kappa shape index (κ2) is 15.9. The second-order valence-electron chi connectivity index (χ2n) is 0.611. The second-order valence-corrected chi connectivity index (χ2v) is 0.611. The van der Waals surface area contributed by atoms with E-state index in [0.717, 1.165) is 0 Å². The van der Waals surface area contributed by atoms with E-state index in [0.29, 0.717) is 0 Å². The van der Waals surface area contributed by atoms with Gasteiger partial charge in [0.25, 0.3) is 0 Å². The molecule has 40 valence electrons. The predicted octanol–water partition coefficient (Wildman–Crippen LogP) is -6.50. The van der Waals surface area contributed by atoms with Crippen LogP contribution in [0.15, 0.2) is 0 Å². The summed E-state index contributed by atoms with van der Waals surface area (Å²) in [6.45, 7) is 1.31. The fraction of sp³-hybridized carbons (Fsp3) is 0.500. The average molecular weight is 195 g/mol. The quantitative estimate of drug-likeness (QED) is 0.384. The fourth-order valence-electron chi connectivity index (χ4n) is 0. The molecule has 1 amide bonds. The van der Waals surface area contributed by atoms with Crippen LogP contribution in [0.2, 0.25) is 0 Å². The Labute approximate surface area is 67.8 Å². The molecule has 0 saturated carbocycles. The van der Waals surface area contributed by atoms with Gasteiger partial charge in [0.05, 0.1) is 0 Å². The Hall–Kier alpha value is 0.673. The van der Waals surface area contributed by atoms with E-state index in [-0.39, 0.29) is 50.2 Å². The van der Waals surface area contributed by atoms with E-state index in [2.05, 4.69) is 5.73 Å². The number of rotatable bonds is 0. The minimum absolute atomic E-state index is 0. The molecule has 0 atom stereocenters. The molecular formula is C2H5Cl2NOZn. The summed E-state index contributed by atoms with van der Waals surface area (Å²) in [5.41, 5.74) is 4.47.